The molecule has 1 aliphatic rings. The summed E-state index contributed by atoms with van der Waals surface area (Å²) >= 11 is 12.4. The summed E-state index contributed by atoms with van der Waals surface area (Å²) < 4.78 is 27.4. The van der Waals surface area contributed by atoms with E-state index >= 15 is 0 Å². The lowest BCUT2D eigenvalue weighted by molar-refractivity contribution is 0.100. The summed E-state index contributed by atoms with van der Waals surface area (Å²) in [7, 11) is -3.60. The van der Waals surface area contributed by atoms with Crippen LogP contribution in [-0.2, 0) is 10.0 Å². The fourth-order valence-corrected chi connectivity index (χ4v) is 4.96. The molecule has 25 heavy (non-hydrogen) atoms. The number of benzene rings is 2. The summed E-state index contributed by atoms with van der Waals surface area (Å²) in [4.78, 5) is 2.30. The van der Waals surface area contributed by atoms with E-state index in [2.05, 4.69) is 4.90 Å². The second-order valence-corrected chi connectivity index (χ2v) is 8.96. The molecule has 0 bridgehead atoms. The summed E-state index contributed by atoms with van der Waals surface area (Å²) in [5, 5.41) is 11.6. The van der Waals surface area contributed by atoms with Gasteiger partial charge in [0.05, 0.1) is 11.5 Å². The highest BCUT2D eigenvalue weighted by molar-refractivity contribution is 7.89. The number of hydrogen-bond donors (Lipinski definition) is 1. The van der Waals surface area contributed by atoms with Crippen LogP contribution in [0.5, 0.6) is 0 Å². The highest BCUT2D eigenvalue weighted by Crippen LogP contribution is 2.32. The third kappa shape index (κ3) is 3.65. The van der Waals surface area contributed by atoms with E-state index < -0.39 is 10.0 Å². The van der Waals surface area contributed by atoms with Crippen LogP contribution in [0.25, 0.3) is 10.8 Å². The number of aliphatic hydroxyl groups excluding tert-OH is 1. The van der Waals surface area contributed by atoms with Gasteiger partial charge in [0.25, 0.3) is 0 Å². The van der Waals surface area contributed by atoms with Crippen LogP contribution in [-0.4, -0.2) is 61.6 Å². The Hall–Kier alpha value is -0.890. The molecule has 0 aromatic heterocycles. The van der Waals surface area contributed by atoms with E-state index in [9.17, 15) is 13.5 Å². The monoisotopic (exact) mass is 402 g/mol. The van der Waals surface area contributed by atoms with Crippen molar-refractivity contribution in [3.63, 3.8) is 0 Å². The Bertz CT molecular complexity index is 881. The molecule has 5 nitrogen and oxygen atoms in total. The van der Waals surface area contributed by atoms with Gasteiger partial charge in [-0.3, -0.25) is 4.90 Å². The van der Waals surface area contributed by atoms with Crippen molar-refractivity contribution in [2.75, 3.05) is 32.8 Å². The Morgan fingerprint density at radius 3 is 2.24 bits per heavy atom. The average molecular weight is 403 g/mol. The van der Waals surface area contributed by atoms with Crippen LogP contribution in [0.15, 0.2) is 35.2 Å². The van der Waals surface area contributed by atoms with Crippen LogP contribution >= 0.6 is 23.2 Å². The number of piperazine rings is 1. The summed E-state index contributed by atoms with van der Waals surface area (Å²) in [6.45, 7) is 3.99. The lowest BCUT2D eigenvalue weighted by atomic mass is 10.1. The standard InChI is InChI=1S/C17H20Cl2N2O3S/c1-12(11-22)20-6-8-21(9-7-20)25(23,24)13-2-3-14-15(10-13)17(19)5-4-16(14)18/h2-5,10,12,22H,6-9,11H2,1H3. The number of rotatable bonds is 4. The number of aliphatic hydroxyl groups is 1. The second-order valence-electron chi connectivity index (χ2n) is 6.21. The van der Waals surface area contributed by atoms with Crippen LogP contribution in [0.3, 0.4) is 0 Å². The zero-order chi connectivity index (χ0) is 18.2. The van der Waals surface area contributed by atoms with Gasteiger partial charge in [0.15, 0.2) is 0 Å². The molecule has 0 saturated carbocycles. The molecule has 1 heterocycles. The zero-order valence-electron chi connectivity index (χ0n) is 13.8. The number of nitrogens with zero attached hydrogens (tertiary/aromatic N) is 2. The van der Waals surface area contributed by atoms with Gasteiger partial charge in [-0.2, -0.15) is 4.31 Å². The molecule has 1 saturated heterocycles. The van der Waals surface area contributed by atoms with Crippen LogP contribution in [0.4, 0.5) is 0 Å². The first-order valence-corrected chi connectivity index (χ1v) is 10.3. The number of hydrogen-bond acceptors (Lipinski definition) is 4. The van der Waals surface area contributed by atoms with Gasteiger partial charge in [-0.25, -0.2) is 8.42 Å². The average Bonchev–Trinajstić information content (AvgIpc) is 2.64. The Balaban J connectivity index is 1.88. The lowest BCUT2D eigenvalue weighted by Crippen LogP contribution is -2.52. The van der Waals surface area contributed by atoms with Gasteiger partial charge in [0.1, 0.15) is 0 Å². The molecule has 0 aliphatic carbocycles. The van der Waals surface area contributed by atoms with Crippen LogP contribution in [0.2, 0.25) is 10.0 Å². The molecule has 2 aromatic carbocycles. The van der Waals surface area contributed by atoms with E-state index in [0.717, 1.165) is 5.39 Å². The highest BCUT2D eigenvalue weighted by atomic mass is 35.5. The van der Waals surface area contributed by atoms with Crippen molar-refractivity contribution in [1.82, 2.24) is 9.21 Å². The van der Waals surface area contributed by atoms with Gasteiger partial charge < -0.3 is 5.11 Å². The molecule has 8 heteroatoms. The normalized spacial score (nSPS) is 18.6. The van der Waals surface area contributed by atoms with Crippen LogP contribution in [0, 0.1) is 0 Å². The van der Waals surface area contributed by atoms with E-state index in [1.165, 1.54) is 4.31 Å². The smallest absolute Gasteiger partial charge is 0.243 e. The summed E-state index contributed by atoms with van der Waals surface area (Å²) in [5.41, 5.74) is 0. The molecule has 1 N–H and O–H groups in total. The van der Waals surface area contributed by atoms with Gasteiger partial charge in [-0.15, -0.1) is 0 Å². The van der Waals surface area contributed by atoms with Crippen molar-refractivity contribution in [3.8, 4) is 0 Å². The van der Waals surface area contributed by atoms with Gasteiger partial charge in [-0.1, -0.05) is 29.3 Å². The molecule has 0 amide bonds. The van der Waals surface area contributed by atoms with E-state index in [1.807, 2.05) is 6.92 Å². The maximum absolute atomic E-state index is 13.0. The lowest BCUT2D eigenvalue weighted by Gasteiger charge is -2.36. The van der Waals surface area contributed by atoms with Gasteiger partial charge >= 0.3 is 0 Å². The molecule has 136 valence electrons. The molecule has 3 rings (SSSR count). The maximum atomic E-state index is 13.0. The van der Waals surface area contributed by atoms with E-state index in [0.29, 0.717) is 41.6 Å². The number of sulfonamides is 1. The third-order valence-corrected chi connectivity index (χ3v) is 7.23. The molecule has 0 spiro atoms. The Morgan fingerprint density at radius 2 is 1.64 bits per heavy atom. The zero-order valence-corrected chi connectivity index (χ0v) is 16.2. The number of fused-ring (bicyclic) bond motifs is 1. The molecular weight excluding hydrogens is 383 g/mol. The van der Waals surface area contributed by atoms with Crippen molar-refractivity contribution in [1.29, 1.82) is 0 Å². The number of halogens is 2. The molecule has 1 aliphatic heterocycles. The van der Waals surface area contributed by atoms with E-state index in [4.69, 9.17) is 23.2 Å². The van der Waals surface area contributed by atoms with Gasteiger partial charge in [0, 0.05) is 53.0 Å². The minimum Gasteiger partial charge on any atom is -0.395 e. The van der Waals surface area contributed by atoms with Crippen molar-refractivity contribution in [2.45, 2.75) is 17.9 Å². The van der Waals surface area contributed by atoms with Gasteiger partial charge in [0.2, 0.25) is 10.0 Å². The highest BCUT2D eigenvalue weighted by Gasteiger charge is 2.30. The molecule has 2 aromatic rings. The SMILES string of the molecule is CC(CO)N1CCN(S(=O)(=O)c2ccc3c(Cl)ccc(Cl)c3c2)CC1. The quantitative estimate of drug-likeness (QED) is 0.853. The van der Waals surface area contributed by atoms with E-state index in [-0.39, 0.29) is 17.5 Å². The van der Waals surface area contributed by atoms with Crippen molar-refractivity contribution in [3.05, 3.63) is 40.4 Å². The molecule has 1 fully saturated rings. The molecule has 1 atom stereocenters. The van der Waals surface area contributed by atoms with Crippen LogP contribution < -0.4 is 0 Å². The van der Waals surface area contributed by atoms with Crippen molar-refractivity contribution in [2.24, 2.45) is 0 Å². The van der Waals surface area contributed by atoms with E-state index in [1.54, 1.807) is 30.3 Å². The first-order valence-electron chi connectivity index (χ1n) is 8.07. The Morgan fingerprint density at radius 1 is 1.04 bits per heavy atom. The molecular formula is C17H20Cl2N2O3S. The summed E-state index contributed by atoms with van der Waals surface area (Å²) in [6, 6.07) is 8.25. The second kappa shape index (κ2) is 7.39. The maximum Gasteiger partial charge on any atom is 0.243 e. The summed E-state index contributed by atoms with van der Waals surface area (Å²) in [6.07, 6.45) is 0. The summed E-state index contributed by atoms with van der Waals surface area (Å²) in [5.74, 6) is 0. The Kier molecular flexibility index (Phi) is 5.58. The predicted molar refractivity (Wildman–Crippen MR) is 101 cm³/mol. The Labute approximate surface area is 157 Å². The fraction of sp³-hybridized carbons (Fsp3) is 0.412. The minimum atomic E-state index is -3.60. The van der Waals surface area contributed by atoms with Crippen LogP contribution in [0.1, 0.15) is 6.92 Å². The fourth-order valence-electron chi connectivity index (χ4n) is 3.06. The van der Waals surface area contributed by atoms with Gasteiger partial charge in [-0.05, 0) is 31.2 Å². The minimum absolute atomic E-state index is 0.0338. The molecule has 0 radical (unpaired) electrons. The van der Waals surface area contributed by atoms with Crippen molar-refractivity contribution >= 4 is 44.0 Å². The first-order chi connectivity index (χ1) is 11.8. The van der Waals surface area contributed by atoms with Crippen molar-refractivity contribution < 1.29 is 13.5 Å². The predicted octanol–water partition coefficient (Wildman–Crippen LogP) is 2.83. The molecule has 1 unspecified atom stereocenters. The largest absolute Gasteiger partial charge is 0.395 e. The topological polar surface area (TPSA) is 60.9 Å². The third-order valence-electron chi connectivity index (χ3n) is 4.68. The first kappa shape index (κ1) is 18.9.